The summed E-state index contributed by atoms with van der Waals surface area (Å²) in [4.78, 5) is 0. The number of hydrogen-bond acceptors (Lipinski definition) is 2. The third-order valence-electron chi connectivity index (χ3n) is 3.15. The van der Waals surface area contributed by atoms with Crippen LogP contribution in [-0.2, 0) is 11.2 Å². The Hall–Kier alpha value is -0.860. The molecule has 1 unspecified atom stereocenters. The topological polar surface area (TPSA) is 21.3 Å². The maximum atomic E-state index is 5.84. The van der Waals surface area contributed by atoms with E-state index in [0.717, 1.165) is 19.6 Å². The van der Waals surface area contributed by atoms with E-state index in [2.05, 4.69) is 50.4 Å². The van der Waals surface area contributed by atoms with Gasteiger partial charge >= 0.3 is 0 Å². The molecule has 1 aromatic rings. The Bertz CT molecular complexity index is 350. The van der Waals surface area contributed by atoms with Crippen molar-refractivity contribution in [1.82, 2.24) is 5.32 Å². The van der Waals surface area contributed by atoms with E-state index in [1.165, 1.54) is 11.1 Å². The monoisotopic (exact) mass is 219 g/mol. The third kappa shape index (κ3) is 2.83. The molecule has 0 aromatic heterocycles. The van der Waals surface area contributed by atoms with Gasteiger partial charge in [-0.25, -0.2) is 0 Å². The molecular formula is C14H21NO. The molecule has 1 aliphatic heterocycles. The lowest BCUT2D eigenvalue weighted by Crippen LogP contribution is -2.48. The van der Waals surface area contributed by atoms with Gasteiger partial charge in [0, 0.05) is 18.4 Å². The first-order chi connectivity index (χ1) is 7.57. The summed E-state index contributed by atoms with van der Waals surface area (Å²) >= 11 is 0. The van der Waals surface area contributed by atoms with E-state index in [1.807, 2.05) is 0 Å². The maximum Gasteiger partial charge on any atom is 0.112 e. The normalized spacial score (nSPS) is 24.3. The molecule has 1 heterocycles. The molecule has 1 aliphatic rings. The molecular weight excluding hydrogens is 198 g/mol. The SMILES string of the molecule is Cc1ccccc1CC1NCC(C)(C)CO1. The highest BCUT2D eigenvalue weighted by atomic mass is 16.5. The minimum atomic E-state index is 0.175. The standard InChI is InChI=1S/C14H21NO/c1-11-6-4-5-7-12(11)8-13-15-9-14(2,3)10-16-13/h4-7,13,15H,8-10H2,1-3H3. The van der Waals surface area contributed by atoms with E-state index in [4.69, 9.17) is 4.74 Å². The Morgan fingerprint density at radius 1 is 1.38 bits per heavy atom. The number of nitrogens with one attached hydrogen (secondary N) is 1. The molecule has 1 saturated heterocycles. The largest absolute Gasteiger partial charge is 0.362 e. The van der Waals surface area contributed by atoms with Gasteiger partial charge in [-0.1, -0.05) is 38.1 Å². The highest BCUT2D eigenvalue weighted by Crippen LogP contribution is 2.21. The van der Waals surface area contributed by atoms with E-state index in [0.29, 0.717) is 0 Å². The Labute approximate surface area is 98.0 Å². The highest BCUT2D eigenvalue weighted by molar-refractivity contribution is 5.26. The summed E-state index contributed by atoms with van der Waals surface area (Å²) in [7, 11) is 0. The molecule has 0 bridgehead atoms. The smallest absolute Gasteiger partial charge is 0.112 e. The van der Waals surface area contributed by atoms with Crippen molar-refractivity contribution < 1.29 is 4.74 Å². The summed E-state index contributed by atoms with van der Waals surface area (Å²) in [6, 6.07) is 8.51. The molecule has 1 aromatic carbocycles. The van der Waals surface area contributed by atoms with E-state index in [9.17, 15) is 0 Å². The molecule has 16 heavy (non-hydrogen) atoms. The predicted molar refractivity (Wildman–Crippen MR) is 66.4 cm³/mol. The van der Waals surface area contributed by atoms with Crippen LogP contribution < -0.4 is 5.32 Å². The zero-order chi connectivity index (χ0) is 11.6. The van der Waals surface area contributed by atoms with Gasteiger partial charge < -0.3 is 4.74 Å². The van der Waals surface area contributed by atoms with Gasteiger partial charge in [0.25, 0.3) is 0 Å². The van der Waals surface area contributed by atoms with Crippen LogP contribution in [0.15, 0.2) is 24.3 Å². The van der Waals surface area contributed by atoms with Crippen molar-refractivity contribution in [3.05, 3.63) is 35.4 Å². The van der Waals surface area contributed by atoms with Crippen molar-refractivity contribution in [2.75, 3.05) is 13.2 Å². The Morgan fingerprint density at radius 2 is 2.12 bits per heavy atom. The zero-order valence-electron chi connectivity index (χ0n) is 10.4. The van der Waals surface area contributed by atoms with Crippen molar-refractivity contribution in [3.8, 4) is 0 Å². The third-order valence-corrected chi connectivity index (χ3v) is 3.15. The average molecular weight is 219 g/mol. The molecule has 2 nitrogen and oxygen atoms in total. The molecule has 0 spiro atoms. The Kier molecular flexibility index (Phi) is 3.31. The number of ether oxygens (including phenoxy) is 1. The van der Waals surface area contributed by atoms with Crippen LogP contribution in [0.1, 0.15) is 25.0 Å². The van der Waals surface area contributed by atoms with Crippen LogP contribution in [0.2, 0.25) is 0 Å². The number of rotatable bonds is 2. The molecule has 0 saturated carbocycles. The van der Waals surface area contributed by atoms with Crippen LogP contribution in [0.4, 0.5) is 0 Å². The second kappa shape index (κ2) is 4.56. The van der Waals surface area contributed by atoms with Crippen LogP contribution in [0, 0.1) is 12.3 Å². The quantitative estimate of drug-likeness (QED) is 0.825. The number of aryl methyl sites for hydroxylation is 1. The second-order valence-corrected chi connectivity index (χ2v) is 5.48. The van der Waals surface area contributed by atoms with Crippen molar-refractivity contribution in [2.24, 2.45) is 5.41 Å². The summed E-state index contributed by atoms with van der Waals surface area (Å²) in [5, 5.41) is 3.46. The molecule has 2 rings (SSSR count). The van der Waals surface area contributed by atoms with Crippen molar-refractivity contribution >= 4 is 0 Å². The van der Waals surface area contributed by atoms with Gasteiger partial charge in [-0.05, 0) is 18.1 Å². The van der Waals surface area contributed by atoms with Gasteiger partial charge in [0.15, 0.2) is 0 Å². The summed E-state index contributed by atoms with van der Waals surface area (Å²) in [5.74, 6) is 0. The first-order valence-electron chi connectivity index (χ1n) is 5.96. The summed E-state index contributed by atoms with van der Waals surface area (Å²) in [6.07, 6.45) is 1.14. The van der Waals surface area contributed by atoms with Crippen LogP contribution in [0.3, 0.4) is 0 Å². The average Bonchev–Trinajstić information content (AvgIpc) is 2.24. The predicted octanol–water partition coefficient (Wildman–Crippen LogP) is 2.51. The van der Waals surface area contributed by atoms with Gasteiger partial charge in [0.2, 0.25) is 0 Å². The van der Waals surface area contributed by atoms with Gasteiger partial charge in [-0.15, -0.1) is 0 Å². The fourth-order valence-electron chi connectivity index (χ4n) is 2.00. The molecule has 2 heteroatoms. The number of benzene rings is 1. The van der Waals surface area contributed by atoms with E-state index in [1.54, 1.807) is 0 Å². The molecule has 1 atom stereocenters. The van der Waals surface area contributed by atoms with Gasteiger partial charge in [0.05, 0.1) is 6.61 Å². The van der Waals surface area contributed by atoms with Gasteiger partial charge in [-0.3, -0.25) is 5.32 Å². The summed E-state index contributed by atoms with van der Waals surface area (Å²) in [6.45, 7) is 8.48. The molecule has 88 valence electrons. The maximum absolute atomic E-state index is 5.84. The first-order valence-corrected chi connectivity index (χ1v) is 5.96. The number of hydrogen-bond donors (Lipinski definition) is 1. The molecule has 1 N–H and O–H groups in total. The zero-order valence-corrected chi connectivity index (χ0v) is 10.4. The molecule has 0 aliphatic carbocycles. The fraction of sp³-hybridized carbons (Fsp3) is 0.571. The van der Waals surface area contributed by atoms with Crippen LogP contribution >= 0.6 is 0 Å². The van der Waals surface area contributed by atoms with Crippen LogP contribution in [0.25, 0.3) is 0 Å². The van der Waals surface area contributed by atoms with E-state index >= 15 is 0 Å². The highest BCUT2D eigenvalue weighted by Gasteiger charge is 2.27. The minimum absolute atomic E-state index is 0.175. The van der Waals surface area contributed by atoms with Crippen molar-refractivity contribution in [2.45, 2.75) is 33.4 Å². The lowest BCUT2D eigenvalue weighted by Gasteiger charge is -2.35. The Balaban J connectivity index is 1.95. The molecule has 0 amide bonds. The van der Waals surface area contributed by atoms with E-state index < -0.39 is 0 Å². The van der Waals surface area contributed by atoms with Crippen molar-refractivity contribution in [1.29, 1.82) is 0 Å². The summed E-state index contributed by atoms with van der Waals surface area (Å²) in [5.41, 5.74) is 2.99. The summed E-state index contributed by atoms with van der Waals surface area (Å²) < 4.78 is 5.84. The van der Waals surface area contributed by atoms with E-state index in [-0.39, 0.29) is 11.6 Å². The lowest BCUT2D eigenvalue weighted by molar-refractivity contribution is -0.0566. The van der Waals surface area contributed by atoms with Crippen molar-refractivity contribution in [3.63, 3.8) is 0 Å². The first kappa shape index (κ1) is 11.6. The lowest BCUT2D eigenvalue weighted by atomic mass is 9.93. The van der Waals surface area contributed by atoms with Crippen LogP contribution in [0.5, 0.6) is 0 Å². The molecule has 0 radical (unpaired) electrons. The minimum Gasteiger partial charge on any atom is -0.362 e. The van der Waals surface area contributed by atoms with Gasteiger partial charge in [-0.2, -0.15) is 0 Å². The van der Waals surface area contributed by atoms with Gasteiger partial charge in [0.1, 0.15) is 6.23 Å². The second-order valence-electron chi connectivity index (χ2n) is 5.48. The van der Waals surface area contributed by atoms with Crippen LogP contribution in [-0.4, -0.2) is 19.4 Å². The fourth-order valence-corrected chi connectivity index (χ4v) is 2.00. The Morgan fingerprint density at radius 3 is 2.75 bits per heavy atom. The molecule has 1 fully saturated rings.